The summed E-state index contributed by atoms with van der Waals surface area (Å²) in [5, 5.41) is 7.23. The summed E-state index contributed by atoms with van der Waals surface area (Å²) in [7, 11) is 0. The van der Waals surface area contributed by atoms with Crippen LogP contribution in [0, 0.1) is 0 Å². The van der Waals surface area contributed by atoms with Gasteiger partial charge in [-0.15, -0.1) is 0 Å². The number of hydrogen-bond donors (Lipinski definition) is 3. The zero-order valence-corrected chi connectivity index (χ0v) is 10.3. The van der Waals surface area contributed by atoms with Crippen molar-refractivity contribution in [2.24, 2.45) is 5.73 Å². The van der Waals surface area contributed by atoms with E-state index < -0.39 is 5.91 Å². The number of amides is 1. The molecule has 1 unspecified atom stereocenters. The molecule has 5 heteroatoms. The molecule has 4 N–H and O–H groups in total. The van der Waals surface area contributed by atoms with E-state index in [-0.39, 0.29) is 0 Å². The van der Waals surface area contributed by atoms with Crippen molar-refractivity contribution in [3.8, 4) is 0 Å². The molecule has 1 amide bonds. The first-order chi connectivity index (χ1) is 8.16. The van der Waals surface area contributed by atoms with Gasteiger partial charge in [-0.2, -0.15) is 0 Å². The van der Waals surface area contributed by atoms with Crippen LogP contribution in [0.5, 0.6) is 0 Å². The quantitative estimate of drug-likeness (QED) is 0.767. The zero-order chi connectivity index (χ0) is 12.3. The van der Waals surface area contributed by atoms with Gasteiger partial charge in [-0.05, 0) is 37.6 Å². The van der Waals surface area contributed by atoms with Crippen LogP contribution in [0.3, 0.4) is 0 Å². The first-order valence-electron chi connectivity index (χ1n) is 5.73. The van der Waals surface area contributed by atoms with Crippen LogP contribution >= 0.6 is 11.6 Å². The fraction of sp³-hybridized carbons (Fsp3) is 0.417. The molecular formula is C12H16ClN3O. The summed E-state index contributed by atoms with van der Waals surface area (Å²) in [5.41, 5.74) is 6.54. The molecular weight excluding hydrogens is 238 g/mol. The van der Waals surface area contributed by atoms with E-state index in [9.17, 15) is 4.79 Å². The van der Waals surface area contributed by atoms with Crippen molar-refractivity contribution in [1.82, 2.24) is 5.32 Å². The van der Waals surface area contributed by atoms with Crippen molar-refractivity contribution < 1.29 is 4.79 Å². The van der Waals surface area contributed by atoms with Gasteiger partial charge in [0.15, 0.2) is 0 Å². The van der Waals surface area contributed by atoms with Crippen LogP contribution in [-0.2, 0) is 0 Å². The molecule has 0 spiro atoms. The molecule has 1 saturated heterocycles. The highest BCUT2D eigenvalue weighted by molar-refractivity contribution is 6.31. The fourth-order valence-corrected chi connectivity index (χ4v) is 2.22. The molecule has 0 radical (unpaired) electrons. The average Bonchev–Trinajstić information content (AvgIpc) is 2.30. The fourth-order valence-electron chi connectivity index (χ4n) is 2.05. The number of hydrogen-bond acceptors (Lipinski definition) is 3. The highest BCUT2D eigenvalue weighted by atomic mass is 35.5. The number of primary amides is 1. The van der Waals surface area contributed by atoms with Gasteiger partial charge in [0, 0.05) is 23.3 Å². The summed E-state index contributed by atoms with van der Waals surface area (Å²) >= 11 is 5.93. The summed E-state index contributed by atoms with van der Waals surface area (Å²) in [6.07, 6.45) is 2.21. The highest BCUT2D eigenvalue weighted by Gasteiger charge is 2.15. The van der Waals surface area contributed by atoms with E-state index in [0.717, 1.165) is 31.6 Å². The molecule has 1 aliphatic rings. The third-order valence-electron chi connectivity index (χ3n) is 2.90. The second-order valence-corrected chi connectivity index (χ2v) is 4.68. The van der Waals surface area contributed by atoms with Crippen LogP contribution in [0.25, 0.3) is 0 Å². The Morgan fingerprint density at radius 2 is 2.35 bits per heavy atom. The minimum Gasteiger partial charge on any atom is -0.380 e. The molecule has 2 rings (SSSR count). The first kappa shape index (κ1) is 12.2. The van der Waals surface area contributed by atoms with Crippen LogP contribution < -0.4 is 16.4 Å². The maximum absolute atomic E-state index is 11.3. The molecule has 0 aromatic heterocycles. The Kier molecular flexibility index (Phi) is 3.86. The molecule has 92 valence electrons. The highest BCUT2D eigenvalue weighted by Crippen LogP contribution is 2.22. The summed E-state index contributed by atoms with van der Waals surface area (Å²) in [5.74, 6) is -0.437. The third kappa shape index (κ3) is 3.11. The molecule has 1 atom stereocenters. The largest absolute Gasteiger partial charge is 0.380 e. The van der Waals surface area contributed by atoms with Gasteiger partial charge in [0.25, 0.3) is 5.91 Å². The van der Waals surface area contributed by atoms with Crippen LogP contribution in [0.4, 0.5) is 5.69 Å². The predicted octanol–water partition coefficient (Wildman–Crippen LogP) is 1.60. The molecule has 1 fully saturated rings. The van der Waals surface area contributed by atoms with Gasteiger partial charge in [0.05, 0.1) is 5.56 Å². The second-order valence-electron chi connectivity index (χ2n) is 4.24. The van der Waals surface area contributed by atoms with Crippen LogP contribution in [-0.4, -0.2) is 25.0 Å². The summed E-state index contributed by atoms with van der Waals surface area (Å²) < 4.78 is 0. The Morgan fingerprint density at radius 3 is 3.00 bits per heavy atom. The van der Waals surface area contributed by atoms with E-state index in [2.05, 4.69) is 10.6 Å². The summed E-state index contributed by atoms with van der Waals surface area (Å²) in [6, 6.07) is 5.39. The molecule has 17 heavy (non-hydrogen) atoms. The van der Waals surface area contributed by atoms with Gasteiger partial charge >= 0.3 is 0 Å². The molecule has 0 bridgehead atoms. The molecule has 0 aliphatic carbocycles. The van der Waals surface area contributed by atoms with E-state index in [1.54, 1.807) is 18.2 Å². The number of halogens is 1. The SMILES string of the molecule is NC(=O)c1ccc(Cl)cc1NC1CCCNC1. The van der Waals surface area contributed by atoms with Gasteiger partial charge in [-0.3, -0.25) is 4.79 Å². The molecule has 0 saturated carbocycles. The van der Waals surface area contributed by atoms with E-state index >= 15 is 0 Å². The van der Waals surface area contributed by atoms with Crippen molar-refractivity contribution in [2.45, 2.75) is 18.9 Å². The average molecular weight is 254 g/mol. The van der Waals surface area contributed by atoms with E-state index in [1.165, 1.54) is 0 Å². The van der Waals surface area contributed by atoms with Gasteiger partial charge in [0.1, 0.15) is 0 Å². The van der Waals surface area contributed by atoms with E-state index in [1.807, 2.05) is 0 Å². The van der Waals surface area contributed by atoms with Crippen molar-refractivity contribution in [3.05, 3.63) is 28.8 Å². The van der Waals surface area contributed by atoms with Crippen LogP contribution in [0.2, 0.25) is 5.02 Å². The Bertz CT molecular complexity index is 416. The lowest BCUT2D eigenvalue weighted by atomic mass is 10.1. The number of rotatable bonds is 3. The standard InChI is InChI=1S/C12H16ClN3O/c13-8-3-4-10(12(14)17)11(6-8)16-9-2-1-5-15-7-9/h3-4,6,9,15-16H,1-2,5,7H2,(H2,14,17). The minimum absolute atomic E-state index is 0.320. The van der Waals surface area contributed by atoms with Gasteiger partial charge < -0.3 is 16.4 Å². The van der Waals surface area contributed by atoms with Crippen molar-refractivity contribution >= 4 is 23.2 Å². The molecule has 1 heterocycles. The lowest BCUT2D eigenvalue weighted by molar-refractivity contribution is 0.100. The normalized spacial score (nSPS) is 19.9. The van der Waals surface area contributed by atoms with Gasteiger partial charge in [0.2, 0.25) is 0 Å². The molecule has 1 aliphatic heterocycles. The Labute approximate surface area is 106 Å². The summed E-state index contributed by atoms with van der Waals surface area (Å²) in [4.78, 5) is 11.3. The number of piperidine rings is 1. The lowest BCUT2D eigenvalue weighted by Crippen LogP contribution is -2.38. The van der Waals surface area contributed by atoms with Crippen molar-refractivity contribution in [3.63, 3.8) is 0 Å². The predicted molar refractivity (Wildman–Crippen MR) is 69.5 cm³/mol. The van der Waals surface area contributed by atoms with Crippen molar-refractivity contribution in [2.75, 3.05) is 18.4 Å². The minimum atomic E-state index is -0.437. The number of carbonyl (C=O) groups is 1. The van der Waals surface area contributed by atoms with Gasteiger partial charge in [-0.1, -0.05) is 11.6 Å². The molecule has 1 aromatic rings. The van der Waals surface area contributed by atoms with E-state index in [0.29, 0.717) is 16.6 Å². The zero-order valence-electron chi connectivity index (χ0n) is 9.50. The van der Waals surface area contributed by atoms with Crippen LogP contribution in [0.1, 0.15) is 23.2 Å². The first-order valence-corrected chi connectivity index (χ1v) is 6.11. The Hall–Kier alpha value is -1.26. The number of anilines is 1. The van der Waals surface area contributed by atoms with Gasteiger partial charge in [-0.25, -0.2) is 0 Å². The Balaban J connectivity index is 2.17. The second kappa shape index (κ2) is 5.38. The number of benzene rings is 1. The van der Waals surface area contributed by atoms with Crippen molar-refractivity contribution in [1.29, 1.82) is 0 Å². The topological polar surface area (TPSA) is 67.2 Å². The Morgan fingerprint density at radius 1 is 1.53 bits per heavy atom. The van der Waals surface area contributed by atoms with E-state index in [4.69, 9.17) is 17.3 Å². The maximum atomic E-state index is 11.3. The molecule has 4 nitrogen and oxygen atoms in total. The lowest BCUT2D eigenvalue weighted by Gasteiger charge is -2.25. The maximum Gasteiger partial charge on any atom is 0.250 e. The number of nitrogens with one attached hydrogen (secondary N) is 2. The number of nitrogens with two attached hydrogens (primary N) is 1. The smallest absolute Gasteiger partial charge is 0.250 e. The third-order valence-corrected chi connectivity index (χ3v) is 3.14. The summed E-state index contributed by atoms with van der Waals surface area (Å²) in [6.45, 7) is 1.95. The number of carbonyl (C=O) groups excluding carboxylic acids is 1. The molecule has 1 aromatic carbocycles. The van der Waals surface area contributed by atoms with Crippen LogP contribution in [0.15, 0.2) is 18.2 Å². The monoisotopic (exact) mass is 253 g/mol.